The van der Waals surface area contributed by atoms with E-state index in [1.165, 1.54) is 0 Å². The van der Waals surface area contributed by atoms with Gasteiger partial charge in [0.05, 0.1) is 0 Å². The predicted octanol–water partition coefficient (Wildman–Crippen LogP) is -2.20. The van der Waals surface area contributed by atoms with Crippen LogP contribution in [0.5, 0.6) is 0 Å². The molecular weight excluding hydrogens is 360 g/mol. The summed E-state index contributed by atoms with van der Waals surface area (Å²) < 4.78 is 16.5. The Bertz CT molecular complexity index is 288. The van der Waals surface area contributed by atoms with Gasteiger partial charge in [0.15, 0.2) is 0 Å². The molecule has 0 unspecified atom stereocenters. The predicted molar refractivity (Wildman–Crippen MR) is 48.4 cm³/mol. The van der Waals surface area contributed by atoms with Gasteiger partial charge in [0, 0.05) is 0 Å². The Labute approximate surface area is 99.0 Å². The molecule has 0 bridgehead atoms. The van der Waals surface area contributed by atoms with Crippen molar-refractivity contribution in [1.29, 1.82) is 0 Å². The summed E-state index contributed by atoms with van der Waals surface area (Å²) in [5, 5.41) is 0. The zero-order valence-electron chi connectivity index (χ0n) is 7.98. The first-order valence-electron chi connectivity index (χ1n) is 3.45. The molecule has 98 valence electrons. The molecule has 0 atom stereocenters. The van der Waals surface area contributed by atoms with E-state index in [0.717, 1.165) is 0 Å². The topological polar surface area (TPSA) is 209 Å². The van der Waals surface area contributed by atoms with Crippen LogP contribution in [0.1, 0.15) is 0 Å². The van der Waals surface area contributed by atoms with E-state index in [4.69, 9.17) is 0 Å². The fourth-order valence-corrected chi connectivity index (χ4v) is 3.38. The van der Waals surface area contributed by atoms with Crippen molar-refractivity contribution in [3.05, 3.63) is 0 Å². The summed E-state index contributed by atoms with van der Waals surface area (Å²) >= 11 is -5.55. The molecule has 13 heteroatoms. The molecule has 0 saturated heterocycles. The van der Waals surface area contributed by atoms with Crippen molar-refractivity contribution in [2.75, 3.05) is 0 Å². The van der Waals surface area contributed by atoms with Gasteiger partial charge >= 0.3 is 98.7 Å². The summed E-state index contributed by atoms with van der Waals surface area (Å²) in [6, 6.07) is 0. The quantitative estimate of drug-likeness (QED) is 0.399. The average molecular weight is 368 g/mol. The van der Waals surface area contributed by atoms with E-state index in [0.29, 0.717) is 0 Å². The van der Waals surface area contributed by atoms with Gasteiger partial charge in [-0.15, -0.1) is 0 Å². The molecule has 0 heterocycles. The monoisotopic (exact) mass is 370 g/mol. The second kappa shape index (κ2) is 5.82. The number of carbonyl (C=O) groups is 4. The van der Waals surface area contributed by atoms with Crippen LogP contribution in [0.3, 0.4) is 0 Å². The molecule has 0 aliphatic rings. The minimum atomic E-state index is -5.55. The van der Waals surface area contributed by atoms with Gasteiger partial charge in [-0.2, -0.15) is 0 Å². The molecule has 0 fully saturated rings. The van der Waals surface area contributed by atoms with Crippen molar-refractivity contribution in [2.24, 2.45) is 22.9 Å². The van der Waals surface area contributed by atoms with Crippen LogP contribution in [-0.2, 0) is 12.4 Å². The van der Waals surface area contributed by atoms with E-state index in [-0.39, 0.29) is 0 Å². The molecule has 0 saturated carbocycles. The van der Waals surface area contributed by atoms with Gasteiger partial charge in [-0.05, 0) is 0 Å². The van der Waals surface area contributed by atoms with E-state index in [2.05, 4.69) is 35.3 Å². The van der Waals surface area contributed by atoms with Crippen LogP contribution < -0.4 is 22.9 Å². The zero-order chi connectivity index (χ0) is 13.6. The Balaban J connectivity index is 5.16. The molecule has 0 aliphatic heterocycles. The zero-order valence-corrected chi connectivity index (χ0v) is 10.3. The fourth-order valence-electron chi connectivity index (χ4n) is 0.504. The van der Waals surface area contributed by atoms with Crippen LogP contribution in [0.4, 0.5) is 19.2 Å². The normalized spacial score (nSPS) is 10.8. The summed E-state index contributed by atoms with van der Waals surface area (Å²) in [7, 11) is 0. The van der Waals surface area contributed by atoms with E-state index < -0.39 is 44.2 Å². The van der Waals surface area contributed by atoms with Crippen molar-refractivity contribution in [3.8, 4) is 0 Å². The third-order valence-electron chi connectivity index (χ3n) is 0.737. The first-order valence-corrected chi connectivity index (χ1v) is 7.26. The van der Waals surface area contributed by atoms with E-state index in [9.17, 15) is 19.2 Å². The molecule has 8 N–H and O–H groups in total. The number of amides is 4. The van der Waals surface area contributed by atoms with E-state index in [1.807, 2.05) is 0 Å². The summed E-state index contributed by atoms with van der Waals surface area (Å²) in [5.41, 5.74) is 18.4. The SMILES string of the molecule is NC(=O)O[Te](OC(N)=O)(OC(N)=O)OC(N)=O. The molecule has 12 nitrogen and oxygen atoms in total. The number of carbonyl (C=O) groups excluding carboxylic acids is 4. The first-order chi connectivity index (χ1) is 7.67. The number of nitrogens with two attached hydrogens (primary N) is 4. The van der Waals surface area contributed by atoms with Crippen LogP contribution in [0, 0.1) is 0 Å². The van der Waals surface area contributed by atoms with Crippen molar-refractivity contribution in [3.63, 3.8) is 0 Å². The van der Waals surface area contributed by atoms with Gasteiger partial charge in [0.1, 0.15) is 0 Å². The molecule has 0 aromatic carbocycles. The standard InChI is InChI=1S/C4H8N4O8Te/c5-1(9)13-17(14-2(6)10,15-3(7)11)16-4(8)12/h(H2,5,9)(H2,6,10)(H2,7,11)(H2,8,12). The van der Waals surface area contributed by atoms with Crippen LogP contribution in [0.15, 0.2) is 0 Å². The van der Waals surface area contributed by atoms with E-state index >= 15 is 0 Å². The third-order valence-corrected chi connectivity index (χ3v) is 4.94. The Morgan fingerprint density at radius 1 is 0.588 bits per heavy atom. The van der Waals surface area contributed by atoms with Gasteiger partial charge in [0.2, 0.25) is 0 Å². The average Bonchev–Trinajstić information content (AvgIpc) is 1.95. The molecule has 0 aromatic rings. The Morgan fingerprint density at radius 2 is 0.765 bits per heavy atom. The Morgan fingerprint density at radius 3 is 0.882 bits per heavy atom. The summed E-state index contributed by atoms with van der Waals surface area (Å²) in [5.74, 6) is 0. The maximum atomic E-state index is 10.5. The van der Waals surface area contributed by atoms with E-state index in [1.54, 1.807) is 0 Å². The van der Waals surface area contributed by atoms with Gasteiger partial charge < -0.3 is 0 Å². The molecule has 0 spiro atoms. The molecule has 0 rings (SSSR count). The number of primary amides is 4. The van der Waals surface area contributed by atoms with Gasteiger partial charge in [-0.1, -0.05) is 0 Å². The number of hydrogen-bond donors (Lipinski definition) is 4. The van der Waals surface area contributed by atoms with Crippen molar-refractivity contribution < 1.29 is 31.6 Å². The first kappa shape index (κ1) is 14.9. The second-order valence-corrected chi connectivity index (χ2v) is 6.25. The molecule has 0 aliphatic carbocycles. The van der Waals surface area contributed by atoms with Crippen LogP contribution >= 0.6 is 0 Å². The molecule has 0 radical (unpaired) electrons. The van der Waals surface area contributed by atoms with Crippen molar-refractivity contribution in [1.82, 2.24) is 0 Å². The molecular formula is C4H8N4O8Te. The van der Waals surface area contributed by atoms with Gasteiger partial charge in [-0.25, -0.2) is 0 Å². The summed E-state index contributed by atoms with van der Waals surface area (Å²) in [4.78, 5) is 42.0. The molecule has 4 amide bonds. The molecule has 0 aromatic heterocycles. The van der Waals surface area contributed by atoms with Gasteiger partial charge in [0.25, 0.3) is 0 Å². The Hall–Kier alpha value is -2.13. The second-order valence-electron chi connectivity index (χ2n) is 2.02. The molecule has 17 heavy (non-hydrogen) atoms. The third kappa shape index (κ3) is 6.12. The summed E-state index contributed by atoms with van der Waals surface area (Å²) in [6.07, 6.45) is -6.24. The fraction of sp³-hybridized carbons (Fsp3) is 0. The van der Waals surface area contributed by atoms with Crippen molar-refractivity contribution >= 4 is 44.2 Å². The maximum absolute atomic E-state index is 10.5. The summed E-state index contributed by atoms with van der Waals surface area (Å²) in [6.45, 7) is 0. The number of hydrogen-bond acceptors (Lipinski definition) is 8. The van der Waals surface area contributed by atoms with Crippen molar-refractivity contribution in [2.45, 2.75) is 0 Å². The van der Waals surface area contributed by atoms with Gasteiger partial charge in [-0.3, -0.25) is 0 Å². The number of rotatable bonds is 4. The van der Waals surface area contributed by atoms with Crippen LogP contribution in [0.2, 0.25) is 0 Å². The Kier molecular flexibility index (Phi) is 5.09. The van der Waals surface area contributed by atoms with Crippen LogP contribution in [0.25, 0.3) is 0 Å². The van der Waals surface area contributed by atoms with Crippen LogP contribution in [-0.4, -0.2) is 44.2 Å². The minimum absolute atomic E-state index is 1.56.